The number of piperidine rings is 1. The van der Waals surface area contributed by atoms with Gasteiger partial charge in [0.15, 0.2) is 0 Å². The van der Waals surface area contributed by atoms with E-state index in [1.807, 2.05) is 43.3 Å². The maximum atomic E-state index is 13.3. The molecule has 0 radical (unpaired) electrons. The van der Waals surface area contributed by atoms with Crippen LogP contribution in [0.2, 0.25) is 0 Å². The topological polar surface area (TPSA) is 35.5 Å². The molecule has 1 fully saturated rings. The highest BCUT2D eigenvalue weighted by atomic mass is 19.1. The first kappa shape index (κ1) is 18.1. The van der Waals surface area contributed by atoms with Crippen molar-refractivity contribution >= 4 is 0 Å². The molecule has 134 valence electrons. The van der Waals surface area contributed by atoms with Crippen LogP contribution >= 0.6 is 0 Å². The highest BCUT2D eigenvalue weighted by molar-refractivity contribution is 5.21. The van der Waals surface area contributed by atoms with Crippen LogP contribution in [0.5, 0.6) is 0 Å². The minimum atomic E-state index is -0.861. The van der Waals surface area contributed by atoms with Gasteiger partial charge < -0.3 is 10.4 Å². The lowest BCUT2D eigenvalue weighted by Crippen LogP contribution is -2.46. The van der Waals surface area contributed by atoms with Crippen molar-refractivity contribution in [1.29, 1.82) is 0 Å². The first-order chi connectivity index (χ1) is 12.0. The Hall–Kier alpha value is -1.75. The molecular formula is C21H27FN2O. The lowest BCUT2D eigenvalue weighted by molar-refractivity contribution is 0.0499. The maximum absolute atomic E-state index is 13.3. The van der Waals surface area contributed by atoms with Gasteiger partial charge in [0.2, 0.25) is 0 Å². The van der Waals surface area contributed by atoms with Crippen molar-refractivity contribution < 1.29 is 9.50 Å². The van der Waals surface area contributed by atoms with Gasteiger partial charge in [-0.1, -0.05) is 42.5 Å². The summed E-state index contributed by atoms with van der Waals surface area (Å²) in [6.07, 6.45) is 2.08. The number of halogens is 1. The summed E-state index contributed by atoms with van der Waals surface area (Å²) in [7, 11) is 0. The van der Waals surface area contributed by atoms with Crippen molar-refractivity contribution in [2.24, 2.45) is 0 Å². The summed E-state index contributed by atoms with van der Waals surface area (Å²) in [5.74, 6) is -0.169. The van der Waals surface area contributed by atoms with Gasteiger partial charge in [-0.05, 0) is 56.1 Å². The molecule has 2 N–H and O–H groups in total. The third kappa shape index (κ3) is 5.11. The van der Waals surface area contributed by atoms with E-state index in [2.05, 4.69) is 10.2 Å². The Balaban J connectivity index is 1.45. The Bertz CT molecular complexity index is 667. The summed E-state index contributed by atoms with van der Waals surface area (Å²) in [4.78, 5) is 2.36. The molecule has 2 aromatic carbocycles. The van der Waals surface area contributed by atoms with Crippen LogP contribution in [0.1, 0.15) is 30.9 Å². The number of hydrogen-bond donors (Lipinski definition) is 2. The van der Waals surface area contributed by atoms with Gasteiger partial charge >= 0.3 is 0 Å². The van der Waals surface area contributed by atoms with Gasteiger partial charge in [-0.25, -0.2) is 4.39 Å². The Kier molecular flexibility index (Phi) is 5.84. The fourth-order valence-corrected chi connectivity index (χ4v) is 3.43. The number of hydrogen-bond acceptors (Lipinski definition) is 3. The maximum Gasteiger partial charge on any atom is 0.123 e. The first-order valence-electron chi connectivity index (χ1n) is 9.01. The van der Waals surface area contributed by atoms with Crippen LogP contribution in [-0.2, 0) is 12.1 Å². The molecule has 0 aliphatic carbocycles. The van der Waals surface area contributed by atoms with Crippen LogP contribution in [0.4, 0.5) is 4.39 Å². The van der Waals surface area contributed by atoms with Gasteiger partial charge in [0.05, 0.1) is 5.60 Å². The van der Waals surface area contributed by atoms with Crippen molar-refractivity contribution in [3.05, 3.63) is 71.5 Å². The Morgan fingerprint density at radius 3 is 2.52 bits per heavy atom. The largest absolute Gasteiger partial charge is 0.384 e. The third-order valence-corrected chi connectivity index (χ3v) is 5.01. The van der Waals surface area contributed by atoms with Gasteiger partial charge in [-0.3, -0.25) is 4.90 Å². The molecule has 1 aliphatic heterocycles. The van der Waals surface area contributed by atoms with Gasteiger partial charge in [0.1, 0.15) is 5.82 Å². The van der Waals surface area contributed by atoms with E-state index in [0.717, 1.165) is 43.6 Å². The van der Waals surface area contributed by atoms with E-state index in [4.69, 9.17) is 0 Å². The Labute approximate surface area is 149 Å². The van der Waals surface area contributed by atoms with Crippen molar-refractivity contribution in [2.45, 2.75) is 38.0 Å². The molecule has 4 heteroatoms. The van der Waals surface area contributed by atoms with Gasteiger partial charge in [-0.15, -0.1) is 0 Å². The molecule has 0 aromatic heterocycles. The molecule has 0 unspecified atom stereocenters. The Morgan fingerprint density at radius 2 is 1.84 bits per heavy atom. The fraction of sp³-hybridized carbons (Fsp3) is 0.429. The van der Waals surface area contributed by atoms with E-state index >= 15 is 0 Å². The van der Waals surface area contributed by atoms with Crippen molar-refractivity contribution in [2.75, 3.05) is 19.6 Å². The van der Waals surface area contributed by atoms with E-state index in [9.17, 15) is 9.50 Å². The second-order valence-electron chi connectivity index (χ2n) is 7.20. The summed E-state index contributed by atoms with van der Waals surface area (Å²) < 4.78 is 13.3. The number of aliphatic hydroxyl groups is 1. The monoisotopic (exact) mass is 342 g/mol. The SMILES string of the molecule is C[C@@](O)(CNC1CCN(Cc2cccc(F)c2)CC1)c1ccccc1. The molecule has 3 rings (SSSR count). The highest BCUT2D eigenvalue weighted by Gasteiger charge is 2.25. The van der Waals surface area contributed by atoms with Gasteiger partial charge in [-0.2, -0.15) is 0 Å². The smallest absolute Gasteiger partial charge is 0.123 e. The fourth-order valence-electron chi connectivity index (χ4n) is 3.43. The third-order valence-electron chi connectivity index (χ3n) is 5.01. The van der Waals surface area contributed by atoms with E-state index in [-0.39, 0.29) is 5.82 Å². The lowest BCUT2D eigenvalue weighted by Gasteiger charge is -2.34. The summed E-state index contributed by atoms with van der Waals surface area (Å²) in [5.41, 5.74) is 1.10. The van der Waals surface area contributed by atoms with E-state index in [1.54, 1.807) is 12.1 Å². The molecule has 0 bridgehead atoms. The van der Waals surface area contributed by atoms with Crippen molar-refractivity contribution in [3.63, 3.8) is 0 Å². The average Bonchev–Trinajstić information content (AvgIpc) is 2.62. The zero-order chi connectivity index (χ0) is 17.7. The van der Waals surface area contributed by atoms with Crippen LogP contribution in [0.15, 0.2) is 54.6 Å². The second kappa shape index (κ2) is 8.09. The molecule has 2 aromatic rings. The van der Waals surface area contributed by atoms with Gasteiger partial charge in [0.25, 0.3) is 0 Å². The molecular weight excluding hydrogens is 315 g/mol. The molecule has 1 heterocycles. The Morgan fingerprint density at radius 1 is 1.12 bits per heavy atom. The summed E-state index contributed by atoms with van der Waals surface area (Å²) in [6, 6.07) is 17.0. The minimum absolute atomic E-state index is 0.169. The molecule has 0 spiro atoms. The van der Waals surface area contributed by atoms with Crippen LogP contribution in [0, 0.1) is 5.82 Å². The molecule has 1 atom stereocenters. The van der Waals surface area contributed by atoms with Crippen LogP contribution < -0.4 is 5.32 Å². The van der Waals surface area contributed by atoms with Gasteiger partial charge in [0, 0.05) is 19.1 Å². The molecule has 1 saturated heterocycles. The summed E-state index contributed by atoms with van der Waals surface area (Å²) in [5, 5.41) is 14.2. The van der Waals surface area contributed by atoms with Crippen LogP contribution in [0.25, 0.3) is 0 Å². The van der Waals surface area contributed by atoms with Crippen molar-refractivity contribution in [3.8, 4) is 0 Å². The number of nitrogens with one attached hydrogen (secondary N) is 1. The summed E-state index contributed by atoms with van der Waals surface area (Å²) in [6.45, 7) is 5.18. The normalized spacial score (nSPS) is 18.8. The molecule has 25 heavy (non-hydrogen) atoms. The zero-order valence-electron chi connectivity index (χ0n) is 14.8. The molecule has 0 amide bonds. The van der Waals surface area contributed by atoms with Crippen LogP contribution in [0.3, 0.4) is 0 Å². The average molecular weight is 342 g/mol. The molecule has 0 saturated carbocycles. The van der Waals surface area contributed by atoms with E-state index in [0.29, 0.717) is 12.6 Å². The molecule has 3 nitrogen and oxygen atoms in total. The predicted molar refractivity (Wildman–Crippen MR) is 98.7 cm³/mol. The number of benzene rings is 2. The highest BCUT2D eigenvalue weighted by Crippen LogP contribution is 2.21. The zero-order valence-corrected chi connectivity index (χ0v) is 14.8. The lowest BCUT2D eigenvalue weighted by atomic mass is 9.95. The number of likely N-dealkylation sites (tertiary alicyclic amines) is 1. The minimum Gasteiger partial charge on any atom is -0.384 e. The van der Waals surface area contributed by atoms with E-state index in [1.165, 1.54) is 6.07 Å². The van der Waals surface area contributed by atoms with Crippen LogP contribution in [-0.4, -0.2) is 35.7 Å². The van der Waals surface area contributed by atoms with E-state index < -0.39 is 5.60 Å². The second-order valence-corrected chi connectivity index (χ2v) is 7.20. The predicted octanol–water partition coefficient (Wildman–Crippen LogP) is 3.29. The molecule has 1 aliphatic rings. The number of nitrogens with zero attached hydrogens (tertiary/aromatic N) is 1. The van der Waals surface area contributed by atoms with Crippen molar-refractivity contribution in [1.82, 2.24) is 10.2 Å². The quantitative estimate of drug-likeness (QED) is 0.846. The number of rotatable bonds is 6. The summed E-state index contributed by atoms with van der Waals surface area (Å²) >= 11 is 0. The first-order valence-corrected chi connectivity index (χ1v) is 9.01. The standard InChI is InChI=1S/C21H27FN2O/c1-21(25,18-7-3-2-4-8-18)16-23-20-10-12-24(13-11-20)15-17-6-5-9-19(22)14-17/h2-9,14,20,23,25H,10-13,15-16H2,1H3/t21-/m1/s1.